The van der Waals surface area contributed by atoms with E-state index in [9.17, 15) is 10.0 Å². The third kappa shape index (κ3) is 4.46. The van der Waals surface area contributed by atoms with Gasteiger partial charge >= 0.3 is 7.12 Å². The van der Waals surface area contributed by atoms with Gasteiger partial charge in [0.1, 0.15) is 5.75 Å². The van der Waals surface area contributed by atoms with Crippen molar-refractivity contribution in [1.82, 2.24) is 4.90 Å². The molecule has 0 bridgehead atoms. The van der Waals surface area contributed by atoms with E-state index in [1.807, 2.05) is 6.07 Å². The average Bonchev–Trinajstić information content (AvgIpc) is 2.72. The summed E-state index contributed by atoms with van der Waals surface area (Å²) in [6.45, 7) is 5.18. The van der Waals surface area contributed by atoms with Crippen molar-refractivity contribution in [1.29, 1.82) is 0 Å². The molecule has 2 rings (SSSR count). The third-order valence-corrected chi connectivity index (χ3v) is 4.54. The molecule has 1 aromatic carbocycles. The second-order valence-electron chi connectivity index (χ2n) is 5.92. The summed E-state index contributed by atoms with van der Waals surface area (Å²) < 4.78 is 5.26. The normalized spacial score (nSPS) is 20.1. The van der Waals surface area contributed by atoms with Crippen LogP contribution < -0.4 is 10.2 Å². The summed E-state index contributed by atoms with van der Waals surface area (Å²) in [7, 11) is 0.202. The smallest absolute Gasteiger partial charge is 0.488 e. The minimum absolute atomic E-state index is 0.576. The van der Waals surface area contributed by atoms with E-state index >= 15 is 0 Å². The minimum atomic E-state index is -1.43. The van der Waals surface area contributed by atoms with Crippen LogP contribution in [-0.2, 0) is 6.54 Å². The first kappa shape index (κ1) is 16.3. The molecule has 4 nitrogen and oxygen atoms in total. The summed E-state index contributed by atoms with van der Waals surface area (Å²) in [5, 5.41) is 19.1. The van der Waals surface area contributed by atoms with Crippen LogP contribution in [0.15, 0.2) is 18.2 Å². The molecule has 1 aromatic rings. The average molecular weight is 291 g/mol. The Morgan fingerprint density at radius 2 is 2.10 bits per heavy atom. The van der Waals surface area contributed by atoms with Gasteiger partial charge in [0.15, 0.2) is 0 Å². The second kappa shape index (κ2) is 7.83. The fourth-order valence-corrected chi connectivity index (χ4v) is 3.13. The number of hydrogen-bond donors (Lipinski definition) is 2. The van der Waals surface area contributed by atoms with Crippen LogP contribution in [0.4, 0.5) is 0 Å². The van der Waals surface area contributed by atoms with E-state index in [0.717, 1.165) is 36.9 Å². The second-order valence-corrected chi connectivity index (χ2v) is 5.92. The molecule has 1 saturated heterocycles. The Hall–Kier alpha value is -1.04. The number of rotatable bonds is 5. The molecule has 21 heavy (non-hydrogen) atoms. The van der Waals surface area contributed by atoms with Gasteiger partial charge in [0, 0.05) is 6.54 Å². The first-order valence-corrected chi connectivity index (χ1v) is 7.89. The van der Waals surface area contributed by atoms with E-state index in [2.05, 4.69) is 11.8 Å². The lowest BCUT2D eigenvalue weighted by atomic mass is 9.77. The van der Waals surface area contributed by atoms with Gasteiger partial charge in [0.05, 0.1) is 7.11 Å². The van der Waals surface area contributed by atoms with Gasteiger partial charge in [-0.1, -0.05) is 19.4 Å². The van der Waals surface area contributed by atoms with Crippen molar-refractivity contribution >= 4 is 12.6 Å². The van der Waals surface area contributed by atoms with E-state index < -0.39 is 7.12 Å². The summed E-state index contributed by atoms with van der Waals surface area (Å²) >= 11 is 0. The number of benzene rings is 1. The lowest BCUT2D eigenvalue weighted by Gasteiger charge is -2.22. The summed E-state index contributed by atoms with van der Waals surface area (Å²) in [5.74, 6) is 1.60. The van der Waals surface area contributed by atoms with Gasteiger partial charge in [-0.3, -0.25) is 4.90 Å². The maximum Gasteiger partial charge on any atom is 0.488 e. The molecule has 1 heterocycles. The van der Waals surface area contributed by atoms with Gasteiger partial charge in [-0.15, -0.1) is 0 Å². The van der Waals surface area contributed by atoms with Crippen molar-refractivity contribution < 1.29 is 14.8 Å². The molecular weight excluding hydrogens is 265 g/mol. The van der Waals surface area contributed by atoms with Crippen LogP contribution in [-0.4, -0.2) is 42.3 Å². The maximum atomic E-state index is 9.53. The predicted molar refractivity (Wildman–Crippen MR) is 85.7 cm³/mol. The number of methoxy groups -OCH3 is 1. The van der Waals surface area contributed by atoms with E-state index in [-0.39, 0.29) is 0 Å². The zero-order valence-electron chi connectivity index (χ0n) is 13.1. The van der Waals surface area contributed by atoms with Gasteiger partial charge in [0.2, 0.25) is 0 Å². The molecule has 2 N–H and O–H groups in total. The largest absolute Gasteiger partial charge is 0.497 e. The number of nitrogens with zero attached hydrogens (tertiary/aromatic N) is 1. The number of hydrogen-bond acceptors (Lipinski definition) is 4. The van der Waals surface area contributed by atoms with E-state index in [1.165, 1.54) is 25.7 Å². The summed E-state index contributed by atoms with van der Waals surface area (Å²) in [6, 6.07) is 5.43. The molecule has 0 aromatic heterocycles. The Kier molecular flexibility index (Phi) is 6.09. The van der Waals surface area contributed by atoms with Crippen molar-refractivity contribution in [2.24, 2.45) is 5.92 Å². The Morgan fingerprint density at radius 1 is 1.29 bits per heavy atom. The molecule has 1 aliphatic rings. The monoisotopic (exact) mass is 291 g/mol. The van der Waals surface area contributed by atoms with Crippen molar-refractivity contribution in [3.8, 4) is 5.75 Å². The lowest BCUT2D eigenvalue weighted by Crippen LogP contribution is -2.36. The number of ether oxygens (including phenoxy) is 1. The zero-order valence-corrected chi connectivity index (χ0v) is 13.1. The highest BCUT2D eigenvalue weighted by Crippen LogP contribution is 2.22. The molecule has 5 heteroatoms. The van der Waals surface area contributed by atoms with Crippen LogP contribution in [0.1, 0.15) is 38.2 Å². The van der Waals surface area contributed by atoms with Crippen molar-refractivity contribution in [3.05, 3.63) is 23.8 Å². The van der Waals surface area contributed by atoms with Crippen LogP contribution >= 0.6 is 0 Å². The van der Waals surface area contributed by atoms with E-state index in [1.54, 1.807) is 19.2 Å². The first-order valence-electron chi connectivity index (χ1n) is 7.89. The van der Waals surface area contributed by atoms with Crippen LogP contribution in [0.3, 0.4) is 0 Å². The Balaban J connectivity index is 2.10. The minimum Gasteiger partial charge on any atom is -0.497 e. The van der Waals surface area contributed by atoms with Gasteiger partial charge in [-0.05, 0) is 61.4 Å². The topological polar surface area (TPSA) is 52.9 Å². The molecular formula is C16H26BNO3. The van der Waals surface area contributed by atoms with Gasteiger partial charge in [-0.2, -0.15) is 0 Å². The molecule has 0 saturated carbocycles. The fraction of sp³-hybridized carbons (Fsp3) is 0.625. The highest BCUT2D eigenvalue weighted by Gasteiger charge is 2.20. The molecule has 1 atom stereocenters. The van der Waals surface area contributed by atoms with Crippen molar-refractivity contribution in [3.63, 3.8) is 0 Å². The molecule has 1 fully saturated rings. The zero-order chi connectivity index (χ0) is 15.2. The molecule has 1 unspecified atom stereocenters. The van der Waals surface area contributed by atoms with Crippen molar-refractivity contribution in [2.75, 3.05) is 20.2 Å². The van der Waals surface area contributed by atoms with Crippen molar-refractivity contribution in [2.45, 2.75) is 39.2 Å². The SMILES string of the molecule is CCC1CCCN(Cc2cc(OC)ccc2B(O)O)CC1. The molecule has 116 valence electrons. The Morgan fingerprint density at radius 3 is 2.76 bits per heavy atom. The van der Waals surface area contributed by atoms with E-state index in [4.69, 9.17) is 4.74 Å². The van der Waals surface area contributed by atoms with E-state index in [0.29, 0.717) is 5.46 Å². The highest BCUT2D eigenvalue weighted by molar-refractivity contribution is 6.59. The lowest BCUT2D eigenvalue weighted by molar-refractivity contribution is 0.272. The van der Waals surface area contributed by atoms with Crippen LogP contribution in [0, 0.1) is 5.92 Å². The van der Waals surface area contributed by atoms with Gasteiger partial charge < -0.3 is 14.8 Å². The highest BCUT2D eigenvalue weighted by atomic mass is 16.5. The molecule has 0 spiro atoms. The molecule has 0 radical (unpaired) electrons. The Labute approximate surface area is 127 Å². The molecule has 1 aliphatic heterocycles. The molecule has 0 aliphatic carbocycles. The molecule has 0 amide bonds. The standard InChI is InChI=1S/C16H26BNO3/c1-3-13-5-4-9-18(10-8-13)12-14-11-15(21-2)6-7-16(14)17(19)20/h6-7,11,13,19-20H,3-5,8-10,12H2,1-2H3. The maximum absolute atomic E-state index is 9.53. The summed E-state index contributed by atoms with van der Waals surface area (Å²) in [5.41, 5.74) is 1.52. The quantitative estimate of drug-likeness (QED) is 0.805. The summed E-state index contributed by atoms with van der Waals surface area (Å²) in [4.78, 5) is 2.41. The first-order chi connectivity index (χ1) is 10.1. The third-order valence-electron chi connectivity index (χ3n) is 4.54. The Bertz CT molecular complexity index is 453. The van der Waals surface area contributed by atoms with Crippen LogP contribution in [0.5, 0.6) is 5.75 Å². The fourth-order valence-electron chi connectivity index (χ4n) is 3.13. The predicted octanol–water partition coefficient (Wildman–Crippen LogP) is 1.39. The van der Waals surface area contributed by atoms with Crippen LogP contribution in [0.25, 0.3) is 0 Å². The van der Waals surface area contributed by atoms with Gasteiger partial charge in [0.25, 0.3) is 0 Å². The summed E-state index contributed by atoms with van der Waals surface area (Å²) in [6.07, 6.45) is 5.02. The number of likely N-dealkylation sites (tertiary alicyclic amines) is 1. The van der Waals surface area contributed by atoms with Crippen LogP contribution in [0.2, 0.25) is 0 Å². The van der Waals surface area contributed by atoms with Gasteiger partial charge in [-0.25, -0.2) is 0 Å².